The SMILES string of the molecule is CCCCCCC[C@H](O)[C@@H](C)C(=O)CC. The zero-order chi connectivity index (χ0) is 11.7. The van der Waals surface area contributed by atoms with E-state index in [1.54, 1.807) is 0 Å². The normalized spacial score (nSPS) is 14.9. The molecule has 2 nitrogen and oxygen atoms in total. The second-order valence-corrected chi connectivity index (χ2v) is 4.38. The van der Waals surface area contributed by atoms with Gasteiger partial charge in [0.25, 0.3) is 0 Å². The van der Waals surface area contributed by atoms with E-state index < -0.39 is 6.10 Å². The maximum atomic E-state index is 11.3. The molecule has 0 aliphatic heterocycles. The highest BCUT2D eigenvalue weighted by Crippen LogP contribution is 2.14. The summed E-state index contributed by atoms with van der Waals surface area (Å²) in [5.74, 6) is -0.00256. The Labute approximate surface area is 94.1 Å². The molecule has 0 saturated heterocycles. The molecule has 90 valence electrons. The molecule has 0 amide bonds. The molecule has 15 heavy (non-hydrogen) atoms. The van der Waals surface area contributed by atoms with Gasteiger partial charge in [0.15, 0.2) is 0 Å². The fourth-order valence-electron chi connectivity index (χ4n) is 1.74. The maximum absolute atomic E-state index is 11.3. The monoisotopic (exact) mass is 214 g/mol. The van der Waals surface area contributed by atoms with Crippen LogP contribution in [-0.4, -0.2) is 17.0 Å². The second kappa shape index (κ2) is 8.90. The molecule has 0 rings (SSSR count). The fourth-order valence-corrected chi connectivity index (χ4v) is 1.74. The van der Waals surface area contributed by atoms with Crippen molar-refractivity contribution in [3.05, 3.63) is 0 Å². The van der Waals surface area contributed by atoms with Gasteiger partial charge in [-0.3, -0.25) is 4.79 Å². The van der Waals surface area contributed by atoms with Crippen LogP contribution in [0.25, 0.3) is 0 Å². The van der Waals surface area contributed by atoms with Gasteiger partial charge in [0.05, 0.1) is 6.10 Å². The van der Waals surface area contributed by atoms with E-state index in [-0.39, 0.29) is 11.7 Å². The van der Waals surface area contributed by atoms with Crippen molar-refractivity contribution in [2.24, 2.45) is 5.92 Å². The first-order chi connectivity index (χ1) is 7.13. The Kier molecular flexibility index (Phi) is 8.68. The third-order valence-corrected chi connectivity index (χ3v) is 3.04. The zero-order valence-electron chi connectivity index (χ0n) is 10.5. The van der Waals surface area contributed by atoms with Crippen molar-refractivity contribution < 1.29 is 9.90 Å². The molecule has 1 N–H and O–H groups in total. The van der Waals surface area contributed by atoms with Crippen LogP contribution in [0.1, 0.15) is 65.7 Å². The topological polar surface area (TPSA) is 37.3 Å². The van der Waals surface area contributed by atoms with E-state index in [1.807, 2.05) is 13.8 Å². The molecular weight excluding hydrogens is 188 g/mol. The lowest BCUT2D eigenvalue weighted by Crippen LogP contribution is -2.25. The average Bonchev–Trinajstić information content (AvgIpc) is 2.26. The van der Waals surface area contributed by atoms with E-state index in [4.69, 9.17) is 0 Å². The summed E-state index contributed by atoms with van der Waals surface area (Å²) >= 11 is 0. The highest BCUT2D eigenvalue weighted by Gasteiger charge is 2.19. The summed E-state index contributed by atoms with van der Waals surface area (Å²) in [5.41, 5.74) is 0. The van der Waals surface area contributed by atoms with Crippen LogP contribution >= 0.6 is 0 Å². The highest BCUT2D eigenvalue weighted by molar-refractivity contribution is 5.80. The molecule has 0 spiro atoms. The summed E-state index contributed by atoms with van der Waals surface area (Å²) in [7, 11) is 0. The number of carbonyl (C=O) groups is 1. The summed E-state index contributed by atoms with van der Waals surface area (Å²) in [6, 6.07) is 0. The molecule has 0 fully saturated rings. The molecule has 0 unspecified atom stereocenters. The van der Waals surface area contributed by atoms with Gasteiger partial charge in [-0.2, -0.15) is 0 Å². The van der Waals surface area contributed by atoms with Crippen molar-refractivity contribution in [3.63, 3.8) is 0 Å². The molecule has 2 atom stereocenters. The number of ketones is 1. The van der Waals surface area contributed by atoms with Crippen LogP contribution < -0.4 is 0 Å². The second-order valence-electron chi connectivity index (χ2n) is 4.38. The predicted molar refractivity (Wildman–Crippen MR) is 63.8 cm³/mol. The van der Waals surface area contributed by atoms with Gasteiger partial charge in [0.2, 0.25) is 0 Å². The maximum Gasteiger partial charge on any atom is 0.138 e. The van der Waals surface area contributed by atoms with Crippen molar-refractivity contribution in [2.45, 2.75) is 71.8 Å². The summed E-state index contributed by atoms with van der Waals surface area (Å²) in [5, 5.41) is 9.75. The number of carbonyl (C=O) groups excluding carboxylic acids is 1. The van der Waals surface area contributed by atoms with Gasteiger partial charge in [-0.05, 0) is 6.42 Å². The summed E-state index contributed by atoms with van der Waals surface area (Å²) in [4.78, 5) is 11.3. The van der Waals surface area contributed by atoms with Crippen LogP contribution in [0.2, 0.25) is 0 Å². The molecule has 0 radical (unpaired) electrons. The lowest BCUT2D eigenvalue weighted by atomic mass is 9.94. The molecule has 0 aromatic heterocycles. The summed E-state index contributed by atoms with van der Waals surface area (Å²) in [6.45, 7) is 5.88. The van der Waals surface area contributed by atoms with E-state index in [9.17, 15) is 9.90 Å². The first kappa shape index (κ1) is 14.6. The quantitative estimate of drug-likeness (QED) is 0.598. The Morgan fingerprint density at radius 1 is 1.13 bits per heavy atom. The van der Waals surface area contributed by atoms with Crippen LogP contribution in [0, 0.1) is 5.92 Å². The lowest BCUT2D eigenvalue weighted by molar-refractivity contribution is -0.125. The Hall–Kier alpha value is -0.370. The van der Waals surface area contributed by atoms with Crippen molar-refractivity contribution in [2.75, 3.05) is 0 Å². The van der Waals surface area contributed by atoms with Crippen LogP contribution in [0.3, 0.4) is 0 Å². The van der Waals surface area contributed by atoms with Crippen LogP contribution in [-0.2, 0) is 4.79 Å². The van der Waals surface area contributed by atoms with Gasteiger partial charge in [-0.1, -0.05) is 52.9 Å². The number of aliphatic hydroxyl groups is 1. The lowest BCUT2D eigenvalue weighted by Gasteiger charge is -2.16. The van der Waals surface area contributed by atoms with Crippen LogP contribution in [0.5, 0.6) is 0 Å². The molecule has 0 aromatic carbocycles. The Morgan fingerprint density at radius 3 is 2.27 bits per heavy atom. The van der Waals surface area contributed by atoms with E-state index in [0.29, 0.717) is 6.42 Å². The average molecular weight is 214 g/mol. The molecule has 0 aliphatic rings. The number of Topliss-reactive ketones (excluding diaryl/α,β-unsaturated/α-hetero) is 1. The third-order valence-electron chi connectivity index (χ3n) is 3.04. The smallest absolute Gasteiger partial charge is 0.138 e. The third kappa shape index (κ3) is 6.67. The van der Waals surface area contributed by atoms with E-state index in [0.717, 1.165) is 12.8 Å². The predicted octanol–water partition coefficient (Wildman–Crippen LogP) is 3.32. The van der Waals surface area contributed by atoms with Gasteiger partial charge >= 0.3 is 0 Å². The van der Waals surface area contributed by atoms with Gasteiger partial charge in [0, 0.05) is 12.3 Å². The Bertz CT molecular complexity index is 166. The van der Waals surface area contributed by atoms with Gasteiger partial charge in [0.1, 0.15) is 5.78 Å². The highest BCUT2D eigenvalue weighted by atomic mass is 16.3. The Morgan fingerprint density at radius 2 is 1.73 bits per heavy atom. The molecule has 0 heterocycles. The van der Waals surface area contributed by atoms with Crippen molar-refractivity contribution in [3.8, 4) is 0 Å². The van der Waals surface area contributed by atoms with Crippen LogP contribution in [0.15, 0.2) is 0 Å². The molecule has 0 saturated carbocycles. The van der Waals surface area contributed by atoms with Gasteiger partial charge < -0.3 is 5.11 Å². The minimum atomic E-state index is -0.431. The van der Waals surface area contributed by atoms with Gasteiger partial charge in [-0.15, -0.1) is 0 Å². The minimum Gasteiger partial charge on any atom is -0.392 e. The fraction of sp³-hybridized carbons (Fsp3) is 0.923. The Balaban J connectivity index is 3.55. The summed E-state index contributed by atoms with van der Waals surface area (Å²) in [6.07, 6.45) is 6.87. The number of rotatable bonds is 9. The molecule has 0 aliphatic carbocycles. The molecule has 0 bridgehead atoms. The molecule has 2 heteroatoms. The standard InChI is InChI=1S/C13H26O2/c1-4-6-7-8-9-10-13(15)11(3)12(14)5-2/h11,13,15H,4-10H2,1-3H3/t11-,13-/m0/s1. The molecule has 0 aromatic rings. The first-order valence-electron chi connectivity index (χ1n) is 6.34. The molecular formula is C13H26O2. The number of hydrogen-bond acceptors (Lipinski definition) is 2. The van der Waals surface area contributed by atoms with E-state index in [1.165, 1.54) is 25.7 Å². The first-order valence-corrected chi connectivity index (χ1v) is 6.34. The van der Waals surface area contributed by atoms with E-state index >= 15 is 0 Å². The largest absolute Gasteiger partial charge is 0.392 e. The van der Waals surface area contributed by atoms with Crippen molar-refractivity contribution in [1.82, 2.24) is 0 Å². The minimum absolute atomic E-state index is 0.177. The van der Waals surface area contributed by atoms with E-state index in [2.05, 4.69) is 6.92 Å². The number of hydrogen-bond donors (Lipinski definition) is 1. The number of aliphatic hydroxyl groups excluding tert-OH is 1. The van der Waals surface area contributed by atoms with Crippen molar-refractivity contribution in [1.29, 1.82) is 0 Å². The zero-order valence-corrected chi connectivity index (χ0v) is 10.5. The summed E-state index contributed by atoms with van der Waals surface area (Å²) < 4.78 is 0. The van der Waals surface area contributed by atoms with Crippen molar-refractivity contribution >= 4 is 5.78 Å². The van der Waals surface area contributed by atoms with Gasteiger partial charge in [-0.25, -0.2) is 0 Å². The van der Waals surface area contributed by atoms with Crippen LogP contribution in [0.4, 0.5) is 0 Å². The number of unbranched alkanes of at least 4 members (excludes halogenated alkanes) is 4.